The molecule has 5 nitrogen and oxygen atoms in total. The van der Waals surface area contributed by atoms with Gasteiger partial charge in [-0.3, -0.25) is 4.79 Å². The van der Waals surface area contributed by atoms with Crippen molar-refractivity contribution in [2.45, 2.75) is 20.8 Å². The predicted molar refractivity (Wildman–Crippen MR) is 52.7 cm³/mol. The van der Waals surface area contributed by atoms with E-state index in [1.165, 1.54) is 20.8 Å². The van der Waals surface area contributed by atoms with E-state index in [1.807, 2.05) is 0 Å². The standard InChI is InChI=1S/C8H15NO4S/c1-6(2)7(10)8(3,4)5-14(11,12)13-9/h1,5,9H2,2-4H3. The molecule has 82 valence electrons. The van der Waals surface area contributed by atoms with E-state index in [4.69, 9.17) is 0 Å². The molecule has 0 aliphatic rings. The summed E-state index contributed by atoms with van der Waals surface area (Å²) in [5.41, 5.74) is -0.758. The molecular formula is C8H15NO4S. The maximum absolute atomic E-state index is 11.5. The van der Waals surface area contributed by atoms with Crippen molar-refractivity contribution in [3.05, 3.63) is 12.2 Å². The minimum Gasteiger partial charge on any atom is -0.294 e. The third-order valence-electron chi connectivity index (χ3n) is 1.69. The van der Waals surface area contributed by atoms with Crippen LogP contribution in [0, 0.1) is 5.41 Å². The lowest BCUT2D eigenvalue weighted by Crippen LogP contribution is -2.34. The zero-order valence-electron chi connectivity index (χ0n) is 8.53. The van der Waals surface area contributed by atoms with Gasteiger partial charge in [0.1, 0.15) is 0 Å². The van der Waals surface area contributed by atoms with E-state index in [0.29, 0.717) is 5.57 Å². The Morgan fingerprint density at radius 2 is 1.93 bits per heavy atom. The molecule has 2 N–H and O–H groups in total. The average Bonchev–Trinajstić information content (AvgIpc) is 2.01. The molecule has 0 amide bonds. The van der Waals surface area contributed by atoms with E-state index in [1.54, 1.807) is 0 Å². The molecule has 0 aromatic carbocycles. The largest absolute Gasteiger partial charge is 0.294 e. The summed E-state index contributed by atoms with van der Waals surface area (Å²) in [6.07, 6.45) is 0. The molecule has 0 saturated heterocycles. The van der Waals surface area contributed by atoms with Gasteiger partial charge in [0, 0.05) is 5.41 Å². The number of ketones is 1. The molecule has 0 aliphatic heterocycles. The van der Waals surface area contributed by atoms with Crippen LogP contribution < -0.4 is 5.90 Å². The van der Waals surface area contributed by atoms with Gasteiger partial charge < -0.3 is 0 Å². The van der Waals surface area contributed by atoms with Crippen LogP contribution in [-0.4, -0.2) is 20.0 Å². The van der Waals surface area contributed by atoms with Crippen LogP contribution >= 0.6 is 0 Å². The van der Waals surface area contributed by atoms with Crippen molar-refractivity contribution in [2.24, 2.45) is 11.3 Å². The number of carbonyl (C=O) groups is 1. The van der Waals surface area contributed by atoms with Gasteiger partial charge in [-0.25, -0.2) is 0 Å². The van der Waals surface area contributed by atoms with Crippen LogP contribution in [0.15, 0.2) is 12.2 Å². The highest BCUT2D eigenvalue weighted by Crippen LogP contribution is 2.22. The number of rotatable bonds is 5. The van der Waals surface area contributed by atoms with Gasteiger partial charge in [0.2, 0.25) is 0 Å². The number of nitrogens with two attached hydrogens (primary N) is 1. The lowest BCUT2D eigenvalue weighted by Gasteiger charge is -2.21. The Hall–Kier alpha value is -0.720. The highest BCUT2D eigenvalue weighted by molar-refractivity contribution is 7.86. The van der Waals surface area contributed by atoms with Crippen LogP contribution in [0.2, 0.25) is 0 Å². The van der Waals surface area contributed by atoms with Crippen LogP contribution in [0.5, 0.6) is 0 Å². The number of hydrogen-bond acceptors (Lipinski definition) is 5. The summed E-state index contributed by atoms with van der Waals surface area (Å²) in [4.78, 5) is 11.5. The minimum atomic E-state index is -3.84. The predicted octanol–water partition coefficient (Wildman–Crippen LogP) is 0.378. The lowest BCUT2D eigenvalue weighted by atomic mass is 9.87. The smallest absolute Gasteiger partial charge is 0.283 e. The molecule has 0 fully saturated rings. The fourth-order valence-corrected chi connectivity index (χ4v) is 2.20. The number of hydrogen-bond donors (Lipinski definition) is 1. The second-order valence-electron chi connectivity index (χ2n) is 3.79. The second-order valence-corrected chi connectivity index (χ2v) is 5.39. The summed E-state index contributed by atoms with van der Waals surface area (Å²) in [6, 6.07) is 0. The quantitative estimate of drug-likeness (QED) is 0.535. The third kappa shape index (κ3) is 3.57. The first kappa shape index (κ1) is 13.3. The summed E-state index contributed by atoms with van der Waals surface area (Å²) >= 11 is 0. The van der Waals surface area contributed by atoms with Crippen molar-refractivity contribution in [2.75, 3.05) is 5.75 Å². The number of carbonyl (C=O) groups excluding carboxylic acids is 1. The van der Waals surface area contributed by atoms with Crippen molar-refractivity contribution < 1.29 is 17.5 Å². The summed E-state index contributed by atoms with van der Waals surface area (Å²) in [5, 5.41) is 0. The molecule has 6 heteroatoms. The molecular weight excluding hydrogens is 206 g/mol. The summed E-state index contributed by atoms with van der Waals surface area (Å²) in [5.74, 6) is 3.79. The number of Topliss-reactive ketones (excluding diaryl/α,β-unsaturated/α-hetero) is 1. The first-order valence-corrected chi connectivity index (χ1v) is 5.51. The Bertz CT molecular complexity index is 342. The SMILES string of the molecule is C=C(C)C(=O)C(C)(C)CS(=O)(=O)ON. The van der Waals surface area contributed by atoms with E-state index in [0.717, 1.165) is 0 Å². The zero-order chi connectivity index (χ0) is 11.6. The molecule has 0 aromatic rings. The number of allylic oxidation sites excluding steroid dienone is 1. The van der Waals surface area contributed by atoms with Crippen LogP contribution in [-0.2, 0) is 19.2 Å². The van der Waals surface area contributed by atoms with Gasteiger partial charge in [0.25, 0.3) is 10.1 Å². The summed E-state index contributed by atoms with van der Waals surface area (Å²) in [6.45, 7) is 7.99. The van der Waals surface area contributed by atoms with Gasteiger partial charge >= 0.3 is 0 Å². The molecule has 0 aromatic heterocycles. The molecule has 0 bridgehead atoms. The highest BCUT2D eigenvalue weighted by atomic mass is 32.2. The Morgan fingerprint density at radius 3 is 2.21 bits per heavy atom. The van der Waals surface area contributed by atoms with Crippen LogP contribution in [0.3, 0.4) is 0 Å². The van der Waals surface area contributed by atoms with Crippen LogP contribution in [0.1, 0.15) is 20.8 Å². The molecule has 0 aliphatic carbocycles. The second kappa shape index (κ2) is 4.20. The van der Waals surface area contributed by atoms with Gasteiger partial charge in [0.15, 0.2) is 5.78 Å². The zero-order valence-corrected chi connectivity index (χ0v) is 9.35. The van der Waals surface area contributed by atoms with Gasteiger partial charge in [-0.15, -0.1) is 0 Å². The Labute approximate surface area is 84.0 Å². The van der Waals surface area contributed by atoms with E-state index in [-0.39, 0.29) is 5.78 Å². The van der Waals surface area contributed by atoms with E-state index >= 15 is 0 Å². The maximum atomic E-state index is 11.5. The minimum absolute atomic E-state index is 0.308. The van der Waals surface area contributed by atoms with Crippen molar-refractivity contribution >= 4 is 15.9 Å². The molecule has 0 spiro atoms. The van der Waals surface area contributed by atoms with Crippen LogP contribution in [0.25, 0.3) is 0 Å². The van der Waals surface area contributed by atoms with Crippen molar-refractivity contribution in [1.82, 2.24) is 0 Å². The fourth-order valence-electron chi connectivity index (χ4n) is 1.12. The Balaban J connectivity index is 4.83. The van der Waals surface area contributed by atoms with Gasteiger partial charge in [-0.1, -0.05) is 20.4 Å². The average molecular weight is 221 g/mol. The Morgan fingerprint density at radius 1 is 1.50 bits per heavy atom. The highest BCUT2D eigenvalue weighted by Gasteiger charge is 2.33. The van der Waals surface area contributed by atoms with Crippen molar-refractivity contribution in [1.29, 1.82) is 0 Å². The maximum Gasteiger partial charge on any atom is 0.283 e. The topological polar surface area (TPSA) is 86.5 Å². The van der Waals surface area contributed by atoms with E-state index in [2.05, 4.69) is 16.8 Å². The fraction of sp³-hybridized carbons (Fsp3) is 0.625. The van der Waals surface area contributed by atoms with Crippen molar-refractivity contribution in [3.63, 3.8) is 0 Å². The Kier molecular flexibility index (Phi) is 3.99. The molecule has 0 saturated carbocycles. The monoisotopic (exact) mass is 221 g/mol. The first-order valence-electron chi connectivity index (χ1n) is 3.94. The molecule has 0 unspecified atom stereocenters. The normalized spacial score (nSPS) is 12.6. The molecule has 0 heterocycles. The third-order valence-corrected chi connectivity index (χ3v) is 3.05. The van der Waals surface area contributed by atoms with Gasteiger partial charge in [-0.2, -0.15) is 18.6 Å². The summed E-state index contributed by atoms with van der Waals surface area (Å²) < 4.78 is 25.8. The molecule has 14 heavy (non-hydrogen) atoms. The lowest BCUT2D eigenvalue weighted by molar-refractivity contribution is -0.122. The van der Waals surface area contributed by atoms with Gasteiger partial charge in [0.05, 0.1) is 5.75 Å². The van der Waals surface area contributed by atoms with E-state index in [9.17, 15) is 13.2 Å². The molecule has 0 rings (SSSR count). The van der Waals surface area contributed by atoms with Crippen LogP contribution in [0.4, 0.5) is 0 Å². The summed E-state index contributed by atoms with van der Waals surface area (Å²) in [7, 11) is -3.84. The molecule has 0 radical (unpaired) electrons. The first-order chi connectivity index (χ1) is 6.12. The van der Waals surface area contributed by atoms with Crippen molar-refractivity contribution in [3.8, 4) is 0 Å². The van der Waals surface area contributed by atoms with E-state index < -0.39 is 21.3 Å². The van der Waals surface area contributed by atoms with Gasteiger partial charge in [-0.05, 0) is 12.5 Å². The molecule has 0 atom stereocenters.